The Labute approximate surface area is 146 Å². The van der Waals surface area contributed by atoms with Gasteiger partial charge in [-0.05, 0) is 36.4 Å². The highest BCUT2D eigenvalue weighted by Gasteiger charge is 2.31. The van der Waals surface area contributed by atoms with Gasteiger partial charge in [0, 0.05) is 29.1 Å². The quantitative estimate of drug-likeness (QED) is 0.732. The highest BCUT2D eigenvalue weighted by atomic mass is 16.3. The van der Waals surface area contributed by atoms with Crippen LogP contribution in [0.3, 0.4) is 0 Å². The number of rotatable bonds is 5. The van der Waals surface area contributed by atoms with Gasteiger partial charge in [-0.25, -0.2) is 0 Å². The first-order valence-corrected chi connectivity index (χ1v) is 8.81. The first-order valence-electron chi connectivity index (χ1n) is 8.81. The van der Waals surface area contributed by atoms with Gasteiger partial charge in [0.1, 0.15) is 0 Å². The number of pyridine rings is 1. The maximum Gasteiger partial charge on any atom is 0.255 e. The second-order valence-electron chi connectivity index (χ2n) is 6.91. The molecule has 0 atom stereocenters. The van der Waals surface area contributed by atoms with Crippen LogP contribution in [0.4, 0.5) is 0 Å². The molecule has 1 heterocycles. The van der Waals surface area contributed by atoms with Crippen LogP contribution < -0.4 is 10.9 Å². The van der Waals surface area contributed by atoms with Gasteiger partial charge in [-0.15, -0.1) is 0 Å². The molecule has 5 heteroatoms. The minimum absolute atomic E-state index is 0.0985. The number of aliphatic hydroxyl groups excluding tert-OH is 1. The lowest BCUT2D eigenvalue weighted by atomic mass is 9.74. The van der Waals surface area contributed by atoms with Crippen molar-refractivity contribution in [2.75, 3.05) is 13.2 Å². The van der Waals surface area contributed by atoms with Crippen LogP contribution in [0.5, 0.6) is 0 Å². The Hall–Kier alpha value is -2.40. The van der Waals surface area contributed by atoms with Gasteiger partial charge in [0.15, 0.2) is 0 Å². The summed E-state index contributed by atoms with van der Waals surface area (Å²) in [6.45, 7) is 0.572. The molecular formula is C20H24N2O3. The zero-order chi connectivity index (χ0) is 17.7. The van der Waals surface area contributed by atoms with Crippen LogP contribution in [0.2, 0.25) is 0 Å². The molecule has 0 saturated heterocycles. The predicted molar refractivity (Wildman–Crippen MR) is 99.2 cm³/mol. The molecule has 0 bridgehead atoms. The fourth-order valence-corrected chi connectivity index (χ4v) is 3.48. The molecule has 2 aromatic rings. The van der Waals surface area contributed by atoms with Gasteiger partial charge in [0.2, 0.25) is 5.91 Å². The summed E-state index contributed by atoms with van der Waals surface area (Å²) in [5.41, 5.74) is 0.809. The molecule has 3 rings (SSSR count). The number of amides is 1. The summed E-state index contributed by atoms with van der Waals surface area (Å²) in [4.78, 5) is 27.0. The number of fused-ring (bicyclic) bond motifs is 1. The molecule has 0 radical (unpaired) electrons. The van der Waals surface area contributed by atoms with E-state index in [1.165, 1.54) is 18.6 Å². The second-order valence-corrected chi connectivity index (χ2v) is 6.91. The van der Waals surface area contributed by atoms with E-state index in [0.29, 0.717) is 12.1 Å². The third-order valence-electron chi connectivity index (χ3n) is 5.08. The van der Waals surface area contributed by atoms with Crippen molar-refractivity contribution in [1.82, 2.24) is 10.3 Å². The summed E-state index contributed by atoms with van der Waals surface area (Å²) in [5, 5.41) is 13.5. The summed E-state index contributed by atoms with van der Waals surface area (Å²) >= 11 is 0. The minimum atomic E-state index is -0.244. The van der Waals surface area contributed by atoms with Gasteiger partial charge in [-0.2, -0.15) is 0 Å². The van der Waals surface area contributed by atoms with Crippen molar-refractivity contribution in [3.63, 3.8) is 0 Å². The lowest BCUT2D eigenvalue weighted by Gasteiger charge is -2.35. The molecule has 5 nitrogen and oxygen atoms in total. The van der Waals surface area contributed by atoms with Crippen molar-refractivity contribution in [1.29, 1.82) is 0 Å². The molecule has 1 amide bonds. The summed E-state index contributed by atoms with van der Waals surface area (Å²) in [6, 6.07) is 9.29. The van der Waals surface area contributed by atoms with Crippen LogP contribution >= 0.6 is 0 Å². The van der Waals surface area contributed by atoms with E-state index in [0.717, 1.165) is 36.6 Å². The van der Waals surface area contributed by atoms with Crippen LogP contribution in [0.1, 0.15) is 37.7 Å². The van der Waals surface area contributed by atoms with Crippen molar-refractivity contribution in [2.24, 2.45) is 5.41 Å². The lowest BCUT2D eigenvalue weighted by molar-refractivity contribution is -0.117. The highest BCUT2D eigenvalue weighted by Crippen LogP contribution is 2.35. The van der Waals surface area contributed by atoms with E-state index < -0.39 is 0 Å². The van der Waals surface area contributed by atoms with Crippen molar-refractivity contribution in [3.8, 4) is 0 Å². The third-order valence-corrected chi connectivity index (χ3v) is 5.08. The van der Waals surface area contributed by atoms with Crippen LogP contribution in [0.25, 0.3) is 17.0 Å². The zero-order valence-electron chi connectivity index (χ0n) is 14.3. The normalized spacial score (nSPS) is 17.0. The fraction of sp³-hybridized carbons (Fsp3) is 0.400. The Morgan fingerprint density at radius 1 is 1.24 bits per heavy atom. The Balaban J connectivity index is 1.66. The number of aromatic amines is 1. The van der Waals surface area contributed by atoms with Gasteiger partial charge in [0.25, 0.3) is 5.56 Å². The Bertz CT molecular complexity index is 832. The molecular weight excluding hydrogens is 316 g/mol. The largest absolute Gasteiger partial charge is 0.396 e. The molecule has 1 saturated carbocycles. The average Bonchev–Trinajstić information content (AvgIpc) is 2.65. The molecule has 1 aromatic heterocycles. The van der Waals surface area contributed by atoms with E-state index in [-0.39, 0.29) is 23.5 Å². The number of aromatic nitrogens is 1. The second kappa shape index (κ2) is 7.66. The Kier molecular flexibility index (Phi) is 5.34. The molecule has 3 N–H and O–H groups in total. The summed E-state index contributed by atoms with van der Waals surface area (Å²) in [5.74, 6) is -0.244. The maximum atomic E-state index is 12.1. The predicted octanol–water partition coefficient (Wildman–Crippen LogP) is 2.60. The lowest BCUT2D eigenvalue weighted by Crippen LogP contribution is -2.40. The van der Waals surface area contributed by atoms with Gasteiger partial charge in [0.05, 0.1) is 6.61 Å². The molecule has 132 valence electrons. The van der Waals surface area contributed by atoms with Gasteiger partial charge < -0.3 is 15.4 Å². The summed E-state index contributed by atoms with van der Waals surface area (Å²) in [6.07, 6.45) is 8.19. The maximum absolute atomic E-state index is 12.1. The van der Waals surface area contributed by atoms with Gasteiger partial charge in [-0.3, -0.25) is 9.59 Å². The molecule has 0 unspecified atom stereocenters. The smallest absolute Gasteiger partial charge is 0.255 e. The van der Waals surface area contributed by atoms with E-state index in [1.807, 2.05) is 24.3 Å². The van der Waals surface area contributed by atoms with E-state index >= 15 is 0 Å². The number of carbonyl (C=O) groups excluding carboxylic acids is 1. The zero-order valence-corrected chi connectivity index (χ0v) is 14.3. The van der Waals surface area contributed by atoms with Crippen LogP contribution in [-0.2, 0) is 4.79 Å². The SMILES string of the molecule is O=C(/C=C/c1cc2ccccc2[nH]c1=O)NCC1(CO)CCCCC1. The molecule has 25 heavy (non-hydrogen) atoms. The average molecular weight is 340 g/mol. The monoisotopic (exact) mass is 340 g/mol. The number of nitrogens with one attached hydrogen (secondary N) is 2. The van der Waals surface area contributed by atoms with E-state index in [9.17, 15) is 14.7 Å². The molecule has 0 aliphatic heterocycles. The third kappa shape index (κ3) is 4.17. The van der Waals surface area contributed by atoms with E-state index in [4.69, 9.17) is 0 Å². The first-order chi connectivity index (χ1) is 12.1. The fourth-order valence-electron chi connectivity index (χ4n) is 3.48. The number of hydrogen-bond acceptors (Lipinski definition) is 3. The van der Waals surface area contributed by atoms with Crippen molar-refractivity contribution < 1.29 is 9.90 Å². The van der Waals surface area contributed by atoms with E-state index in [1.54, 1.807) is 6.07 Å². The number of benzene rings is 1. The number of H-pyrrole nitrogens is 1. The number of para-hydroxylation sites is 1. The number of aliphatic hydroxyl groups is 1. The van der Waals surface area contributed by atoms with Crippen LogP contribution in [0, 0.1) is 5.41 Å². The Morgan fingerprint density at radius 3 is 2.76 bits per heavy atom. The van der Waals surface area contributed by atoms with Crippen LogP contribution in [-0.4, -0.2) is 29.1 Å². The molecule has 1 fully saturated rings. The van der Waals surface area contributed by atoms with Crippen molar-refractivity contribution in [3.05, 3.63) is 52.3 Å². The van der Waals surface area contributed by atoms with Crippen molar-refractivity contribution >= 4 is 22.9 Å². The standard InChI is InChI=1S/C20H24N2O3/c23-14-20(10-4-1-5-11-20)13-21-18(24)9-8-16-12-15-6-2-3-7-17(15)22-19(16)25/h2-3,6-9,12,23H,1,4-5,10-11,13-14H2,(H,21,24)(H,22,25)/b9-8+. The molecule has 0 spiro atoms. The summed E-state index contributed by atoms with van der Waals surface area (Å²) in [7, 11) is 0. The van der Waals surface area contributed by atoms with Gasteiger partial charge in [-0.1, -0.05) is 37.5 Å². The molecule has 1 aliphatic carbocycles. The number of hydrogen-bond donors (Lipinski definition) is 3. The molecule has 1 aromatic carbocycles. The Morgan fingerprint density at radius 2 is 2.00 bits per heavy atom. The molecule has 1 aliphatic rings. The van der Waals surface area contributed by atoms with E-state index in [2.05, 4.69) is 10.3 Å². The number of carbonyl (C=O) groups is 1. The summed E-state index contributed by atoms with van der Waals surface area (Å²) < 4.78 is 0. The topological polar surface area (TPSA) is 82.2 Å². The highest BCUT2D eigenvalue weighted by molar-refractivity contribution is 5.92. The minimum Gasteiger partial charge on any atom is -0.396 e. The van der Waals surface area contributed by atoms with Crippen LogP contribution in [0.15, 0.2) is 41.2 Å². The van der Waals surface area contributed by atoms with Gasteiger partial charge >= 0.3 is 0 Å². The first kappa shape index (κ1) is 17.4. The van der Waals surface area contributed by atoms with Crippen molar-refractivity contribution in [2.45, 2.75) is 32.1 Å².